The first-order chi connectivity index (χ1) is 18.7. The molecule has 0 amide bonds. The molecule has 0 saturated carbocycles. The zero-order chi connectivity index (χ0) is 29.7. The van der Waals surface area contributed by atoms with Crippen molar-refractivity contribution in [2.24, 2.45) is 5.41 Å². The maximum atomic E-state index is 10.4. The van der Waals surface area contributed by atoms with E-state index in [1.54, 1.807) is 64.0 Å². The van der Waals surface area contributed by atoms with Crippen LogP contribution in [0, 0.1) is 5.41 Å². The van der Waals surface area contributed by atoms with E-state index in [-0.39, 0.29) is 26.4 Å². The first-order valence-electron chi connectivity index (χ1n) is 13.0. The van der Waals surface area contributed by atoms with Gasteiger partial charge in [-0.25, -0.2) is 0 Å². The van der Waals surface area contributed by atoms with Crippen molar-refractivity contribution in [3.05, 3.63) is 0 Å². The molecule has 13 nitrogen and oxygen atoms in total. The maximum absolute atomic E-state index is 10.4. The normalized spacial score (nSPS) is 13.4. The molecule has 0 heterocycles. The van der Waals surface area contributed by atoms with Crippen LogP contribution < -0.4 is 0 Å². The molecule has 16 heteroatoms. The molecule has 0 bridgehead atoms. The molecule has 0 spiro atoms. The Bertz CT molecular complexity index is 481. The number of aliphatic hydroxyl groups is 1. The summed E-state index contributed by atoms with van der Waals surface area (Å²) in [5.74, 6) is 0. The summed E-state index contributed by atoms with van der Waals surface area (Å²) in [6.07, 6.45) is 2.04. The van der Waals surface area contributed by atoms with Gasteiger partial charge in [-0.2, -0.15) is 0 Å². The Balaban J connectivity index is 4.98. The lowest BCUT2D eigenvalue weighted by Crippen LogP contribution is -2.44. The minimum Gasteiger partial charge on any atom is -0.396 e. The summed E-state index contributed by atoms with van der Waals surface area (Å²) in [5.41, 5.74) is -0.741. The van der Waals surface area contributed by atoms with Crippen molar-refractivity contribution in [1.29, 1.82) is 0 Å². The van der Waals surface area contributed by atoms with E-state index in [2.05, 4.69) is 0 Å². The molecular formula is C23H54O13Si3. The Morgan fingerprint density at radius 2 is 0.667 bits per heavy atom. The zero-order valence-electron chi connectivity index (χ0n) is 25.5. The van der Waals surface area contributed by atoms with Crippen molar-refractivity contribution in [3.63, 3.8) is 0 Å². The third-order valence-corrected chi connectivity index (χ3v) is 15.2. The van der Waals surface area contributed by atoms with Crippen molar-refractivity contribution in [1.82, 2.24) is 0 Å². The second-order valence-electron chi connectivity index (χ2n) is 9.01. The lowest BCUT2D eigenvalue weighted by molar-refractivity contribution is -0.0932. The summed E-state index contributed by atoms with van der Waals surface area (Å²) in [6.45, 7) is 1.93. The molecule has 0 aromatic carbocycles. The van der Waals surface area contributed by atoms with Gasteiger partial charge in [0.2, 0.25) is 0 Å². The van der Waals surface area contributed by atoms with Crippen LogP contribution in [-0.2, 0) is 54.0 Å². The fourth-order valence-electron chi connectivity index (χ4n) is 3.97. The van der Waals surface area contributed by atoms with Crippen molar-refractivity contribution in [2.75, 3.05) is 110 Å². The Morgan fingerprint density at radius 3 is 0.846 bits per heavy atom. The van der Waals surface area contributed by atoms with Crippen molar-refractivity contribution < 1.29 is 59.2 Å². The van der Waals surface area contributed by atoms with Crippen LogP contribution in [0.5, 0.6) is 0 Å². The van der Waals surface area contributed by atoms with E-state index in [4.69, 9.17) is 54.0 Å². The van der Waals surface area contributed by atoms with E-state index in [9.17, 15) is 5.11 Å². The average molecular weight is 623 g/mol. The molecule has 0 aromatic heterocycles. The van der Waals surface area contributed by atoms with Crippen molar-refractivity contribution >= 4 is 26.4 Å². The highest BCUT2D eigenvalue weighted by Gasteiger charge is 2.39. The minimum atomic E-state index is -2.67. The molecule has 0 atom stereocenters. The molecule has 1 N–H and O–H groups in total. The van der Waals surface area contributed by atoms with Crippen LogP contribution >= 0.6 is 0 Å². The van der Waals surface area contributed by atoms with Crippen LogP contribution in [0.1, 0.15) is 19.3 Å². The number of hydrogen-bond donors (Lipinski definition) is 1. The predicted octanol–water partition coefficient (Wildman–Crippen LogP) is 1.82. The Labute approximate surface area is 238 Å². The smallest absolute Gasteiger partial charge is 0.396 e. The third kappa shape index (κ3) is 13.8. The second-order valence-corrected chi connectivity index (χ2v) is 18.3. The Hall–Kier alpha value is 0.131. The Kier molecular flexibility index (Phi) is 21.9. The summed E-state index contributed by atoms with van der Waals surface area (Å²) in [7, 11) is 6.27. The number of rotatable bonds is 28. The number of aliphatic hydroxyl groups excluding tert-OH is 1. The molecule has 0 saturated heterocycles. The first-order valence-corrected chi connectivity index (χ1v) is 18.8. The largest absolute Gasteiger partial charge is 0.500 e. The first kappa shape index (κ1) is 39.1. The van der Waals surface area contributed by atoms with E-state index in [0.717, 1.165) is 0 Å². The number of ether oxygens (including phenoxy) is 3. The fourth-order valence-corrected chi connectivity index (χ4v) is 9.04. The van der Waals surface area contributed by atoms with Gasteiger partial charge in [-0.1, -0.05) is 0 Å². The van der Waals surface area contributed by atoms with Gasteiger partial charge < -0.3 is 59.2 Å². The van der Waals surface area contributed by atoms with Crippen LogP contribution in [0.2, 0.25) is 18.1 Å². The van der Waals surface area contributed by atoms with Crippen molar-refractivity contribution in [2.45, 2.75) is 37.4 Å². The van der Waals surface area contributed by atoms with Crippen LogP contribution in [-0.4, -0.2) is 142 Å². The minimum absolute atomic E-state index is 0.167. The SMILES string of the molecule is CO[Si](CCCOCC(CO)(COCCC[Si](OC)(OC)OC)COCCC[Si](OC)(OC)OC)(OC)OC. The van der Waals surface area contributed by atoms with Gasteiger partial charge in [0, 0.05) is 102 Å². The lowest BCUT2D eigenvalue weighted by atomic mass is 9.92. The topological polar surface area (TPSA) is 131 Å². The molecule has 0 unspecified atom stereocenters. The van der Waals surface area contributed by atoms with Gasteiger partial charge in [-0.05, 0) is 19.3 Å². The second kappa shape index (κ2) is 21.8. The summed E-state index contributed by atoms with van der Waals surface area (Å²) < 4.78 is 67.1. The average Bonchev–Trinajstić information content (AvgIpc) is 2.99. The molecule has 39 heavy (non-hydrogen) atoms. The van der Waals surface area contributed by atoms with Crippen molar-refractivity contribution in [3.8, 4) is 0 Å². The van der Waals surface area contributed by atoms with Crippen LogP contribution in [0.4, 0.5) is 0 Å². The van der Waals surface area contributed by atoms with E-state index >= 15 is 0 Å². The van der Waals surface area contributed by atoms with Crippen LogP contribution in [0.3, 0.4) is 0 Å². The van der Waals surface area contributed by atoms with E-state index < -0.39 is 31.8 Å². The van der Waals surface area contributed by atoms with Gasteiger partial charge >= 0.3 is 26.4 Å². The van der Waals surface area contributed by atoms with Gasteiger partial charge in [0.15, 0.2) is 0 Å². The molecule has 0 fully saturated rings. The van der Waals surface area contributed by atoms with E-state index in [0.29, 0.717) is 57.2 Å². The highest BCUT2D eigenvalue weighted by atomic mass is 28.4. The summed E-state index contributed by atoms with van der Waals surface area (Å²) in [6, 6.07) is 1.84. The fraction of sp³-hybridized carbons (Fsp3) is 1.00. The molecule has 0 aliphatic heterocycles. The molecule has 0 aliphatic rings. The van der Waals surface area contributed by atoms with Gasteiger partial charge in [0.05, 0.1) is 31.8 Å². The standard InChI is InChI=1S/C23H54O13Si3/c1-25-37(26-2,27-3)16-10-13-34-20-23(19-24,21-35-14-11-17-38(28-4,29-5)30-6)22-36-15-12-18-39(31-7,32-8)33-9/h24H,10-22H2,1-9H3. The summed E-state index contributed by atoms with van der Waals surface area (Å²) >= 11 is 0. The third-order valence-electron chi connectivity index (χ3n) is 6.67. The number of hydrogen-bond acceptors (Lipinski definition) is 13. The summed E-state index contributed by atoms with van der Waals surface area (Å²) in [4.78, 5) is 0. The van der Waals surface area contributed by atoms with E-state index in [1.165, 1.54) is 0 Å². The molecule has 0 rings (SSSR count). The zero-order valence-corrected chi connectivity index (χ0v) is 28.5. The highest BCUT2D eigenvalue weighted by Crippen LogP contribution is 2.22. The van der Waals surface area contributed by atoms with Gasteiger partial charge in [0.25, 0.3) is 0 Å². The molecule has 236 valence electrons. The quantitative estimate of drug-likeness (QED) is 0.101. The Morgan fingerprint density at radius 1 is 0.436 bits per heavy atom. The van der Waals surface area contributed by atoms with Gasteiger partial charge in [-0.15, -0.1) is 0 Å². The monoisotopic (exact) mass is 622 g/mol. The molecule has 0 aromatic rings. The van der Waals surface area contributed by atoms with Crippen LogP contribution in [0.15, 0.2) is 0 Å². The molecule has 0 radical (unpaired) electrons. The van der Waals surface area contributed by atoms with E-state index in [1.807, 2.05) is 0 Å². The summed E-state index contributed by atoms with van der Waals surface area (Å²) in [5, 5.41) is 10.4. The molecule has 0 aliphatic carbocycles. The highest BCUT2D eigenvalue weighted by molar-refractivity contribution is 6.61. The lowest BCUT2D eigenvalue weighted by Gasteiger charge is -2.32. The maximum Gasteiger partial charge on any atom is 0.500 e. The predicted molar refractivity (Wildman–Crippen MR) is 151 cm³/mol. The van der Waals surface area contributed by atoms with Gasteiger partial charge in [0.1, 0.15) is 0 Å². The molecular weight excluding hydrogens is 568 g/mol. The van der Waals surface area contributed by atoms with Crippen LogP contribution in [0.25, 0.3) is 0 Å². The van der Waals surface area contributed by atoms with Gasteiger partial charge in [-0.3, -0.25) is 0 Å².